The van der Waals surface area contributed by atoms with Crippen molar-refractivity contribution >= 4 is 0 Å². The van der Waals surface area contributed by atoms with E-state index in [4.69, 9.17) is 4.74 Å². The zero-order valence-corrected chi connectivity index (χ0v) is 9.12. The molecular weight excluding hydrogens is 186 g/mol. The highest BCUT2D eigenvalue weighted by atomic mass is 16.5. The van der Waals surface area contributed by atoms with Gasteiger partial charge in [-0.3, -0.25) is 0 Å². The predicted molar refractivity (Wildman–Crippen MR) is 60.3 cm³/mol. The summed E-state index contributed by atoms with van der Waals surface area (Å²) in [6, 6.07) is 8.55. The molecule has 0 amide bonds. The van der Waals surface area contributed by atoms with Crippen molar-refractivity contribution in [3.05, 3.63) is 29.8 Å². The summed E-state index contributed by atoms with van der Waals surface area (Å²) in [7, 11) is 1.74. The van der Waals surface area contributed by atoms with Gasteiger partial charge in [0, 0.05) is 11.5 Å². The molecule has 1 spiro atoms. The Hall–Kier alpha value is -1.02. The highest BCUT2D eigenvalue weighted by molar-refractivity contribution is 5.36. The molecule has 1 atom stereocenters. The molecule has 1 saturated carbocycles. The Labute approximate surface area is 90.6 Å². The van der Waals surface area contributed by atoms with E-state index in [0.29, 0.717) is 11.5 Å². The summed E-state index contributed by atoms with van der Waals surface area (Å²) < 4.78 is 5.28. The van der Waals surface area contributed by atoms with Gasteiger partial charge in [-0.2, -0.15) is 0 Å². The first-order valence-electron chi connectivity index (χ1n) is 5.73. The Morgan fingerprint density at radius 1 is 1.40 bits per heavy atom. The molecule has 1 aromatic rings. The number of methoxy groups -OCH3 is 1. The smallest absolute Gasteiger partial charge is 0.119 e. The van der Waals surface area contributed by atoms with Crippen LogP contribution < -0.4 is 10.1 Å². The second-order valence-corrected chi connectivity index (χ2v) is 4.70. The highest BCUT2D eigenvalue weighted by Gasteiger charge is 2.52. The first kappa shape index (κ1) is 9.22. The Morgan fingerprint density at radius 3 is 3.00 bits per heavy atom. The minimum Gasteiger partial charge on any atom is -0.497 e. The van der Waals surface area contributed by atoms with Crippen molar-refractivity contribution in [3.8, 4) is 5.75 Å². The van der Waals surface area contributed by atoms with Crippen molar-refractivity contribution in [1.29, 1.82) is 0 Å². The lowest BCUT2D eigenvalue weighted by Crippen LogP contribution is -2.27. The van der Waals surface area contributed by atoms with Crippen molar-refractivity contribution < 1.29 is 4.74 Å². The second kappa shape index (κ2) is 3.24. The molecule has 1 unspecified atom stereocenters. The van der Waals surface area contributed by atoms with Gasteiger partial charge in [0.2, 0.25) is 0 Å². The van der Waals surface area contributed by atoms with Crippen molar-refractivity contribution in [1.82, 2.24) is 5.32 Å². The van der Waals surface area contributed by atoms with Gasteiger partial charge in [0.1, 0.15) is 5.75 Å². The summed E-state index contributed by atoms with van der Waals surface area (Å²) in [6.45, 7) is 1.17. The fraction of sp³-hybridized carbons (Fsp3) is 0.538. The fourth-order valence-electron chi connectivity index (χ4n) is 2.87. The molecule has 2 nitrogen and oxygen atoms in total. The Balaban J connectivity index is 1.91. The topological polar surface area (TPSA) is 21.3 Å². The zero-order chi connectivity index (χ0) is 10.3. The minimum atomic E-state index is 0.451. The third-order valence-electron chi connectivity index (χ3n) is 3.86. The van der Waals surface area contributed by atoms with Gasteiger partial charge < -0.3 is 10.1 Å². The largest absolute Gasteiger partial charge is 0.497 e. The van der Waals surface area contributed by atoms with E-state index in [9.17, 15) is 0 Å². The first-order valence-corrected chi connectivity index (χ1v) is 5.73. The lowest BCUT2D eigenvalue weighted by Gasteiger charge is -2.19. The Kier molecular flexibility index (Phi) is 1.99. The van der Waals surface area contributed by atoms with Gasteiger partial charge in [-0.25, -0.2) is 0 Å². The van der Waals surface area contributed by atoms with E-state index in [-0.39, 0.29) is 0 Å². The fourth-order valence-corrected chi connectivity index (χ4v) is 2.87. The monoisotopic (exact) mass is 203 g/mol. The van der Waals surface area contributed by atoms with Crippen LogP contribution in [0.4, 0.5) is 0 Å². The molecule has 1 N–H and O–H groups in total. The van der Waals surface area contributed by atoms with Crippen molar-refractivity contribution in [2.24, 2.45) is 0 Å². The van der Waals surface area contributed by atoms with E-state index >= 15 is 0 Å². The van der Waals surface area contributed by atoms with E-state index in [0.717, 1.165) is 5.75 Å². The molecule has 2 aliphatic rings. The molecule has 0 radical (unpaired) electrons. The van der Waals surface area contributed by atoms with Gasteiger partial charge in [-0.1, -0.05) is 12.1 Å². The molecule has 3 rings (SSSR count). The number of hydrogen-bond donors (Lipinski definition) is 1. The molecule has 1 heterocycles. The average molecular weight is 203 g/mol. The van der Waals surface area contributed by atoms with Crippen molar-refractivity contribution in [2.75, 3.05) is 13.7 Å². The van der Waals surface area contributed by atoms with E-state index in [1.807, 2.05) is 6.07 Å². The van der Waals surface area contributed by atoms with Crippen LogP contribution in [-0.4, -0.2) is 19.2 Å². The number of benzene rings is 1. The molecule has 1 aromatic carbocycles. The molecule has 1 aliphatic carbocycles. The molecule has 1 saturated heterocycles. The first-order chi connectivity index (χ1) is 7.34. The van der Waals surface area contributed by atoms with Gasteiger partial charge in [0.15, 0.2) is 0 Å². The normalized spacial score (nSPS) is 26.9. The van der Waals surface area contributed by atoms with Crippen LogP contribution in [0.1, 0.15) is 30.7 Å². The summed E-state index contributed by atoms with van der Waals surface area (Å²) in [4.78, 5) is 0. The molecule has 2 heteroatoms. The quantitative estimate of drug-likeness (QED) is 0.796. The van der Waals surface area contributed by atoms with Crippen LogP contribution >= 0.6 is 0 Å². The average Bonchev–Trinajstić information content (AvgIpc) is 2.91. The molecule has 0 bridgehead atoms. The summed E-state index contributed by atoms with van der Waals surface area (Å²) in [5.41, 5.74) is 1.89. The highest BCUT2D eigenvalue weighted by Crippen LogP contribution is 2.52. The van der Waals surface area contributed by atoms with Gasteiger partial charge >= 0.3 is 0 Å². The standard InChI is InChI=1S/C13H17NO/c1-15-11-4-2-3-10(9-11)12-5-8-14-13(12)6-7-13/h2-4,9,12,14H,5-8H2,1H3. The van der Waals surface area contributed by atoms with Crippen molar-refractivity contribution in [2.45, 2.75) is 30.7 Å². The maximum atomic E-state index is 5.28. The Morgan fingerprint density at radius 2 is 2.27 bits per heavy atom. The van der Waals surface area contributed by atoms with Crippen LogP contribution in [0, 0.1) is 0 Å². The SMILES string of the molecule is COc1cccc(C2CCNC23CC3)c1. The predicted octanol–water partition coefficient (Wildman–Crippen LogP) is 2.30. The molecule has 1 aliphatic heterocycles. The van der Waals surface area contributed by atoms with Gasteiger partial charge in [0.25, 0.3) is 0 Å². The van der Waals surface area contributed by atoms with Gasteiger partial charge in [-0.05, 0) is 43.5 Å². The molecule has 0 aromatic heterocycles. The van der Waals surface area contributed by atoms with E-state index < -0.39 is 0 Å². The van der Waals surface area contributed by atoms with Gasteiger partial charge in [-0.15, -0.1) is 0 Å². The minimum absolute atomic E-state index is 0.451. The van der Waals surface area contributed by atoms with E-state index in [2.05, 4.69) is 23.5 Å². The molecule has 80 valence electrons. The van der Waals surface area contributed by atoms with Crippen molar-refractivity contribution in [3.63, 3.8) is 0 Å². The lowest BCUT2D eigenvalue weighted by molar-refractivity contribution is 0.413. The van der Waals surface area contributed by atoms with Crippen LogP contribution in [0.5, 0.6) is 5.75 Å². The maximum Gasteiger partial charge on any atom is 0.119 e. The number of hydrogen-bond acceptors (Lipinski definition) is 2. The van der Waals surface area contributed by atoms with Crippen LogP contribution in [0.15, 0.2) is 24.3 Å². The maximum absolute atomic E-state index is 5.28. The third-order valence-corrected chi connectivity index (χ3v) is 3.86. The third kappa shape index (κ3) is 1.44. The molecular formula is C13H17NO. The summed E-state index contributed by atoms with van der Waals surface area (Å²) in [5, 5.41) is 3.65. The summed E-state index contributed by atoms with van der Waals surface area (Å²) >= 11 is 0. The Bertz CT molecular complexity index is 371. The summed E-state index contributed by atoms with van der Waals surface area (Å²) in [6.07, 6.45) is 3.96. The summed E-state index contributed by atoms with van der Waals surface area (Å²) in [5.74, 6) is 1.68. The van der Waals surface area contributed by atoms with Crippen LogP contribution in [0.25, 0.3) is 0 Å². The molecule has 15 heavy (non-hydrogen) atoms. The number of nitrogens with one attached hydrogen (secondary N) is 1. The lowest BCUT2D eigenvalue weighted by atomic mass is 9.90. The van der Waals surface area contributed by atoms with Crippen LogP contribution in [-0.2, 0) is 0 Å². The number of ether oxygens (including phenoxy) is 1. The van der Waals surface area contributed by atoms with Gasteiger partial charge in [0.05, 0.1) is 7.11 Å². The van der Waals surface area contributed by atoms with Crippen LogP contribution in [0.3, 0.4) is 0 Å². The zero-order valence-electron chi connectivity index (χ0n) is 9.12. The molecule has 2 fully saturated rings. The van der Waals surface area contributed by atoms with E-state index in [1.54, 1.807) is 7.11 Å². The van der Waals surface area contributed by atoms with Crippen LogP contribution in [0.2, 0.25) is 0 Å². The number of rotatable bonds is 2. The van der Waals surface area contributed by atoms with E-state index in [1.165, 1.54) is 31.4 Å². The second-order valence-electron chi connectivity index (χ2n) is 4.70.